The largest absolute Gasteiger partial charge is 0.491 e. The molecule has 0 spiro atoms. The van der Waals surface area contributed by atoms with Gasteiger partial charge in [0.1, 0.15) is 0 Å². The molecule has 25 heavy (non-hydrogen) atoms. The highest BCUT2D eigenvalue weighted by Gasteiger charge is 2.20. The van der Waals surface area contributed by atoms with Gasteiger partial charge in [-0.3, -0.25) is 0 Å². The molecule has 5 nitrogen and oxygen atoms in total. The smallest absolute Gasteiger partial charge is 0.240 e. The van der Waals surface area contributed by atoms with E-state index in [-0.39, 0.29) is 17.2 Å². The average Bonchev–Trinajstić information content (AvgIpc) is 2.58. The van der Waals surface area contributed by atoms with E-state index in [4.69, 9.17) is 9.47 Å². The van der Waals surface area contributed by atoms with Gasteiger partial charge in [0, 0.05) is 13.7 Å². The van der Waals surface area contributed by atoms with Crippen molar-refractivity contribution in [1.82, 2.24) is 4.72 Å². The van der Waals surface area contributed by atoms with Gasteiger partial charge in [0.05, 0.1) is 17.6 Å². The lowest BCUT2D eigenvalue weighted by Crippen LogP contribution is -2.29. The number of aryl methyl sites for hydroxylation is 1. The molecule has 0 aliphatic rings. The van der Waals surface area contributed by atoms with Gasteiger partial charge in [-0.2, -0.15) is 0 Å². The molecule has 0 amide bonds. The molecule has 136 valence electrons. The molecule has 2 aromatic carbocycles. The van der Waals surface area contributed by atoms with Crippen molar-refractivity contribution in [1.29, 1.82) is 0 Å². The Balaban J connectivity index is 2.15. The molecule has 0 aliphatic carbocycles. The number of rotatable bonds is 8. The highest BCUT2D eigenvalue weighted by atomic mass is 32.2. The van der Waals surface area contributed by atoms with Crippen molar-refractivity contribution < 1.29 is 22.3 Å². The van der Waals surface area contributed by atoms with E-state index >= 15 is 0 Å². The van der Waals surface area contributed by atoms with E-state index in [2.05, 4.69) is 4.72 Å². The van der Waals surface area contributed by atoms with Crippen LogP contribution in [0.3, 0.4) is 0 Å². The minimum Gasteiger partial charge on any atom is -0.491 e. The van der Waals surface area contributed by atoms with Crippen molar-refractivity contribution >= 4 is 10.0 Å². The first-order valence-electron chi connectivity index (χ1n) is 7.89. The van der Waals surface area contributed by atoms with Crippen molar-refractivity contribution in [2.45, 2.75) is 24.8 Å². The first-order chi connectivity index (χ1) is 11.9. The van der Waals surface area contributed by atoms with Crippen molar-refractivity contribution in [3.63, 3.8) is 0 Å². The third kappa shape index (κ3) is 4.78. The van der Waals surface area contributed by atoms with Gasteiger partial charge in [-0.25, -0.2) is 17.5 Å². The monoisotopic (exact) mass is 367 g/mol. The Morgan fingerprint density at radius 2 is 1.92 bits per heavy atom. The van der Waals surface area contributed by atoms with Gasteiger partial charge in [-0.15, -0.1) is 0 Å². The molecule has 2 aromatic rings. The molecule has 7 heteroatoms. The van der Waals surface area contributed by atoms with Crippen LogP contribution in [0.25, 0.3) is 0 Å². The second-order valence-electron chi connectivity index (χ2n) is 5.46. The van der Waals surface area contributed by atoms with Crippen LogP contribution in [0.1, 0.15) is 24.2 Å². The first kappa shape index (κ1) is 19.4. The Hall–Kier alpha value is -1.96. The maximum Gasteiger partial charge on any atom is 0.240 e. The second kappa shape index (κ2) is 8.42. The van der Waals surface area contributed by atoms with Crippen LogP contribution in [-0.2, 0) is 14.8 Å². The fraction of sp³-hybridized carbons (Fsp3) is 0.333. The van der Waals surface area contributed by atoms with Gasteiger partial charge < -0.3 is 9.47 Å². The molecule has 0 saturated carbocycles. The number of hydrogen-bond donors (Lipinski definition) is 1. The van der Waals surface area contributed by atoms with Crippen LogP contribution in [0.5, 0.6) is 5.75 Å². The summed E-state index contributed by atoms with van der Waals surface area (Å²) < 4.78 is 51.7. The zero-order valence-corrected chi connectivity index (χ0v) is 15.3. The molecular formula is C18H22FNO4S. The molecule has 0 fully saturated rings. The number of ether oxygens (including phenoxy) is 2. The highest BCUT2D eigenvalue weighted by Crippen LogP contribution is 2.23. The highest BCUT2D eigenvalue weighted by molar-refractivity contribution is 7.89. The summed E-state index contributed by atoms with van der Waals surface area (Å²) in [5, 5.41) is 0. The average molecular weight is 367 g/mol. The van der Waals surface area contributed by atoms with E-state index < -0.39 is 21.9 Å². The van der Waals surface area contributed by atoms with Crippen LogP contribution in [0, 0.1) is 12.7 Å². The Kier molecular flexibility index (Phi) is 6.52. The van der Waals surface area contributed by atoms with Crippen molar-refractivity contribution in [2.24, 2.45) is 0 Å². The molecule has 0 bridgehead atoms. The lowest BCUT2D eigenvalue weighted by molar-refractivity contribution is 0.107. The van der Waals surface area contributed by atoms with E-state index in [1.165, 1.54) is 19.2 Å². The Morgan fingerprint density at radius 3 is 2.52 bits per heavy atom. The Morgan fingerprint density at radius 1 is 1.20 bits per heavy atom. The maximum absolute atomic E-state index is 13.9. The predicted octanol–water partition coefficient (Wildman–Crippen LogP) is 3.20. The fourth-order valence-electron chi connectivity index (χ4n) is 2.46. The first-order valence-corrected chi connectivity index (χ1v) is 9.37. The van der Waals surface area contributed by atoms with Gasteiger partial charge >= 0.3 is 0 Å². The van der Waals surface area contributed by atoms with Crippen LogP contribution in [0.2, 0.25) is 0 Å². The van der Waals surface area contributed by atoms with E-state index in [1.807, 2.05) is 31.2 Å². The standard InChI is InChI=1S/C18H22FNO4S/c1-4-24-17-10-9-14(11-16(17)19)25(21,22)20-12-18(23-3)15-8-6-5-7-13(15)2/h5-11,18,20H,4,12H2,1-3H3. The quantitative estimate of drug-likeness (QED) is 0.778. The van der Waals surface area contributed by atoms with E-state index in [9.17, 15) is 12.8 Å². The molecule has 0 heterocycles. The summed E-state index contributed by atoms with van der Waals surface area (Å²) in [7, 11) is -2.35. The van der Waals surface area contributed by atoms with Crippen molar-refractivity contribution in [2.75, 3.05) is 20.3 Å². The zero-order valence-electron chi connectivity index (χ0n) is 14.5. The predicted molar refractivity (Wildman–Crippen MR) is 93.7 cm³/mol. The molecule has 0 saturated heterocycles. The Labute approximate surface area is 147 Å². The number of benzene rings is 2. The van der Waals surface area contributed by atoms with Crippen molar-refractivity contribution in [3.8, 4) is 5.75 Å². The van der Waals surface area contributed by atoms with Crippen LogP contribution >= 0.6 is 0 Å². The van der Waals surface area contributed by atoms with Crippen LogP contribution in [-0.4, -0.2) is 28.7 Å². The summed E-state index contributed by atoms with van der Waals surface area (Å²) in [5.41, 5.74) is 1.89. The topological polar surface area (TPSA) is 64.6 Å². The van der Waals surface area contributed by atoms with Gasteiger partial charge in [0.2, 0.25) is 10.0 Å². The molecule has 0 radical (unpaired) electrons. The summed E-state index contributed by atoms with van der Waals surface area (Å²) in [5.74, 6) is -0.692. The molecule has 1 unspecified atom stereocenters. The Bertz CT molecular complexity index is 824. The number of nitrogens with one attached hydrogen (secondary N) is 1. The summed E-state index contributed by atoms with van der Waals surface area (Å²) in [4.78, 5) is -0.159. The number of methoxy groups -OCH3 is 1. The third-order valence-electron chi connectivity index (χ3n) is 3.79. The minimum atomic E-state index is -3.87. The summed E-state index contributed by atoms with van der Waals surface area (Å²) in [6, 6.07) is 11.1. The normalized spacial score (nSPS) is 12.8. The molecule has 0 aliphatic heterocycles. The maximum atomic E-state index is 13.9. The van der Waals surface area contributed by atoms with E-state index in [0.29, 0.717) is 6.61 Å². The van der Waals surface area contributed by atoms with Gasteiger partial charge in [0.25, 0.3) is 0 Å². The third-order valence-corrected chi connectivity index (χ3v) is 5.21. The van der Waals surface area contributed by atoms with Crippen LogP contribution < -0.4 is 9.46 Å². The molecule has 1 atom stereocenters. The number of hydrogen-bond acceptors (Lipinski definition) is 4. The van der Waals surface area contributed by atoms with Crippen LogP contribution in [0.15, 0.2) is 47.4 Å². The van der Waals surface area contributed by atoms with Crippen molar-refractivity contribution in [3.05, 3.63) is 59.4 Å². The molecular weight excluding hydrogens is 345 g/mol. The summed E-state index contributed by atoms with van der Waals surface area (Å²) in [6.45, 7) is 3.99. The number of sulfonamides is 1. The molecule has 0 aromatic heterocycles. The zero-order chi connectivity index (χ0) is 18.4. The summed E-state index contributed by atoms with van der Waals surface area (Å²) >= 11 is 0. The van der Waals surface area contributed by atoms with Gasteiger partial charge in [-0.05, 0) is 43.2 Å². The minimum absolute atomic E-state index is 0.0242. The SMILES string of the molecule is CCOc1ccc(S(=O)(=O)NCC(OC)c2ccccc2C)cc1F. The lowest BCUT2D eigenvalue weighted by atomic mass is 10.0. The molecule has 2 rings (SSSR count). The second-order valence-corrected chi connectivity index (χ2v) is 7.23. The van der Waals surface area contributed by atoms with E-state index in [1.54, 1.807) is 6.92 Å². The summed E-state index contributed by atoms with van der Waals surface area (Å²) in [6.07, 6.45) is -0.441. The van der Waals surface area contributed by atoms with Crippen LogP contribution in [0.4, 0.5) is 4.39 Å². The fourth-order valence-corrected chi connectivity index (χ4v) is 3.50. The molecule has 1 N–H and O–H groups in total. The number of halogens is 1. The lowest BCUT2D eigenvalue weighted by Gasteiger charge is -2.18. The van der Waals surface area contributed by atoms with Gasteiger partial charge in [-0.1, -0.05) is 24.3 Å². The van der Waals surface area contributed by atoms with Gasteiger partial charge in [0.15, 0.2) is 11.6 Å². The van der Waals surface area contributed by atoms with E-state index in [0.717, 1.165) is 17.2 Å².